The lowest BCUT2D eigenvalue weighted by molar-refractivity contribution is -0.346. The van der Waals surface area contributed by atoms with Gasteiger partial charge in [-0.25, -0.2) is 9.59 Å². The molecule has 1 aliphatic carbocycles. The number of aliphatic hydroxyl groups excluding tert-OH is 4. The highest BCUT2D eigenvalue weighted by molar-refractivity contribution is 5.89. The average molecular weight is 464 g/mol. The van der Waals surface area contributed by atoms with E-state index < -0.39 is 79.3 Å². The minimum Gasteiger partial charge on any atom is -0.471 e. The molecule has 32 heavy (non-hydrogen) atoms. The Hall–Kier alpha value is -2.00. The maximum Gasteiger partial charge on any atom is 0.508 e. The Bertz CT molecular complexity index is 737. The van der Waals surface area contributed by atoms with Crippen LogP contribution >= 0.6 is 0 Å². The van der Waals surface area contributed by atoms with Gasteiger partial charge in [0.15, 0.2) is 6.29 Å². The van der Waals surface area contributed by atoms with Gasteiger partial charge < -0.3 is 54.0 Å². The zero-order valence-corrected chi connectivity index (χ0v) is 17.7. The molecule has 2 aliphatic heterocycles. The molecule has 0 unspecified atom stereocenters. The molecule has 5 N–H and O–H groups in total. The van der Waals surface area contributed by atoms with Gasteiger partial charge in [0.25, 0.3) is 0 Å². The molecule has 10 atom stereocenters. The molecule has 3 aliphatic rings. The minimum atomic E-state index is -1.73. The van der Waals surface area contributed by atoms with Gasteiger partial charge in [-0.05, 0) is 6.92 Å². The number of hydrogen-bond acceptors (Lipinski definition) is 13. The molecular weight excluding hydrogens is 436 g/mol. The van der Waals surface area contributed by atoms with Gasteiger partial charge in [0.2, 0.25) is 6.29 Å². The second-order valence-corrected chi connectivity index (χ2v) is 8.17. The van der Waals surface area contributed by atoms with E-state index in [4.69, 9.17) is 23.7 Å². The molecule has 2 fully saturated rings. The summed E-state index contributed by atoms with van der Waals surface area (Å²) in [5.74, 6) is -2.62. The minimum absolute atomic E-state index is 0.00699. The van der Waals surface area contributed by atoms with Crippen LogP contribution in [0.25, 0.3) is 0 Å². The summed E-state index contributed by atoms with van der Waals surface area (Å²) in [6.45, 7) is 0.919. The van der Waals surface area contributed by atoms with Crippen LogP contribution in [0.1, 0.15) is 13.3 Å². The average Bonchev–Trinajstić information content (AvgIpc) is 3.01. The lowest BCUT2D eigenvalue weighted by atomic mass is 9.80. The summed E-state index contributed by atoms with van der Waals surface area (Å²) in [6, 6.07) is 0. The van der Waals surface area contributed by atoms with Gasteiger partial charge in [-0.15, -0.1) is 0 Å². The van der Waals surface area contributed by atoms with Crippen molar-refractivity contribution in [2.75, 3.05) is 20.8 Å². The van der Waals surface area contributed by atoms with Crippen molar-refractivity contribution in [2.24, 2.45) is 11.8 Å². The first-order valence-corrected chi connectivity index (χ1v) is 9.92. The lowest BCUT2D eigenvalue weighted by Gasteiger charge is -2.44. The highest BCUT2D eigenvalue weighted by Gasteiger charge is 2.59. The summed E-state index contributed by atoms with van der Waals surface area (Å²) in [6.07, 6.45) is -10.5. The number of ether oxygens (including phenoxy) is 6. The van der Waals surface area contributed by atoms with Gasteiger partial charge in [0.05, 0.1) is 43.7 Å². The quantitative estimate of drug-likeness (QED) is 0.275. The van der Waals surface area contributed by atoms with Crippen LogP contribution in [0.2, 0.25) is 0 Å². The van der Waals surface area contributed by atoms with Crippen molar-refractivity contribution >= 4 is 12.1 Å². The zero-order valence-electron chi connectivity index (χ0n) is 17.7. The van der Waals surface area contributed by atoms with E-state index in [9.17, 15) is 35.1 Å². The van der Waals surface area contributed by atoms with Crippen LogP contribution in [0.3, 0.4) is 0 Å². The van der Waals surface area contributed by atoms with Crippen molar-refractivity contribution in [3.8, 4) is 0 Å². The van der Waals surface area contributed by atoms with Crippen molar-refractivity contribution in [3.05, 3.63) is 11.8 Å². The molecule has 2 heterocycles. The van der Waals surface area contributed by atoms with Crippen molar-refractivity contribution in [2.45, 2.75) is 62.0 Å². The molecule has 0 bridgehead atoms. The van der Waals surface area contributed by atoms with Gasteiger partial charge >= 0.3 is 12.1 Å². The normalized spacial score (nSPS) is 43.5. The smallest absolute Gasteiger partial charge is 0.471 e. The highest BCUT2D eigenvalue weighted by Crippen LogP contribution is 2.49. The summed E-state index contributed by atoms with van der Waals surface area (Å²) in [5.41, 5.74) is -1.53. The third-order valence-corrected chi connectivity index (χ3v) is 6.01. The molecule has 0 aromatic rings. The molecule has 13 heteroatoms. The second-order valence-electron chi connectivity index (χ2n) is 8.17. The third kappa shape index (κ3) is 4.55. The molecule has 1 saturated heterocycles. The summed E-state index contributed by atoms with van der Waals surface area (Å²) in [4.78, 5) is 23.3. The first-order valence-electron chi connectivity index (χ1n) is 9.92. The molecule has 0 amide bonds. The summed E-state index contributed by atoms with van der Waals surface area (Å²) < 4.78 is 30.4. The lowest BCUT2D eigenvalue weighted by Crippen LogP contribution is -2.61. The van der Waals surface area contributed by atoms with Crippen molar-refractivity contribution in [3.63, 3.8) is 0 Å². The Kier molecular flexibility index (Phi) is 7.29. The Morgan fingerprint density at radius 1 is 1.09 bits per heavy atom. The van der Waals surface area contributed by atoms with Crippen LogP contribution in [0.5, 0.6) is 0 Å². The molecule has 0 aromatic carbocycles. The SMILES string of the molecule is COC(=O)OC[C@H]1O[C@@H](O[C@@H]2OC=C(C(=O)OC)[C@@H]3[C@H]2[C@@](C)(O)C[C@H]3O)[C@H](O)[C@@H](O)[C@@H]1O. The molecule has 182 valence electrons. The van der Waals surface area contributed by atoms with E-state index in [-0.39, 0.29) is 12.0 Å². The predicted octanol–water partition coefficient (Wildman–Crippen LogP) is -2.25. The van der Waals surface area contributed by atoms with E-state index in [1.807, 2.05) is 0 Å². The first-order chi connectivity index (χ1) is 15.0. The van der Waals surface area contributed by atoms with Crippen LogP contribution in [0.15, 0.2) is 11.8 Å². The van der Waals surface area contributed by atoms with Gasteiger partial charge in [-0.2, -0.15) is 0 Å². The number of rotatable bonds is 5. The molecular formula is C19H28O13. The fourth-order valence-corrected chi connectivity index (χ4v) is 4.41. The van der Waals surface area contributed by atoms with E-state index >= 15 is 0 Å². The van der Waals surface area contributed by atoms with E-state index in [1.54, 1.807) is 0 Å². The number of hydrogen-bond donors (Lipinski definition) is 5. The number of carbonyl (C=O) groups is 2. The summed E-state index contributed by atoms with van der Waals surface area (Å²) in [7, 11) is 2.25. The molecule has 0 aromatic heterocycles. The van der Waals surface area contributed by atoms with Crippen molar-refractivity contribution in [1.82, 2.24) is 0 Å². The van der Waals surface area contributed by atoms with Crippen LogP contribution in [0.4, 0.5) is 4.79 Å². The van der Waals surface area contributed by atoms with Gasteiger partial charge in [0.1, 0.15) is 31.0 Å². The number of carbonyl (C=O) groups excluding carboxylic acids is 2. The van der Waals surface area contributed by atoms with Crippen LogP contribution in [-0.2, 0) is 33.2 Å². The topological polar surface area (TPSA) is 191 Å². The van der Waals surface area contributed by atoms with Gasteiger partial charge in [0, 0.05) is 12.3 Å². The largest absolute Gasteiger partial charge is 0.508 e. The van der Waals surface area contributed by atoms with Crippen molar-refractivity contribution in [1.29, 1.82) is 0 Å². The maximum absolute atomic E-state index is 12.1. The number of esters is 1. The Labute approximate surface area is 183 Å². The predicted molar refractivity (Wildman–Crippen MR) is 99.3 cm³/mol. The van der Waals surface area contributed by atoms with E-state index in [0.717, 1.165) is 20.5 Å². The molecule has 0 spiro atoms. The zero-order chi connectivity index (χ0) is 23.8. The van der Waals surface area contributed by atoms with Crippen LogP contribution < -0.4 is 0 Å². The summed E-state index contributed by atoms with van der Waals surface area (Å²) >= 11 is 0. The maximum atomic E-state index is 12.1. The molecule has 0 radical (unpaired) electrons. The number of fused-ring (bicyclic) bond motifs is 1. The van der Waals surface area contributed by atoms with Crippen LogP contribution in [-0.4, -0.2) is 107 Å². The fourth-order valence-electron chi connectivity index (χ4n) is 4.41. The van der Waals surface area contributed by atoms with E-state index in [1.165, 1.54) is 6.92 Å². The molecule has 13 nitrogen and oxygen atoms in total. The Balaban J connectivity index is 1.80. The highest BCUT2D eigenvalue weighted by atomic mass is 16.8. The Morgan fingerprint density at radius 3 is 2.41 bits per heavy atom. The first kappa shape index (κ1) is 24.6. The molecule has 1 saturated carbocycles. The van der Waals surface area contributed by atoms with Crippen LogP contribution in [0, 0.1) is 11.8 Å². The number of methoxy groups -OCH3 is 2. The van der Waals surface area contributed by atoms with Gasteiger partial charge in [-0.3, -0.25) is 0 Å². The third-order valence-electron chi connectivity index (χ3n) is 6.01. The standard InChI is InChI=1S/C19H28O13/c1-19(26)4-8(20)10-7(15(24)27-2)5-29-16(11(10)19)32-17-14(23)13(22)12(21)9(31-17)6-30-18(25)28-3/h5,8-14,16-17,20-23,26H,4,6H2,1-3H3/t8-,9-,10+,11-,12-,13+,14-,16+,17+,19+/m1/s1. The van der Waals surface area contributed by atoms with E-state index in [2.05, 4.69) is 4.74 Å². The second kappa shape index (κ2) is 9.47. The Morgan fingerprint density at radius 2 is 1.78 bits per heavy atom. The van der Waals surface area contributed by atoms with Gasteiger partial charge in [-0.1, -0.05) is 0 Å². The monoisotopic (exact) mass is 464 g/mol. The van der Waals surface area contributed by atoms with E-state index in [0.29, 0.717) is 0 Å². The fraction of sp³-hybridized carbons (Fsp3) is 0.789. The summed E-state index contributed by atoms with van der Waals surface area (Å²) in [5, 5.41) is 52.0. The molecule has 3 rings (SSSR count). The van der Waals surface area contributed by atoms with Crippen molar-refractivity contribution < 1.29 is 63.5 Å². The number of aliphatic hydroxyl groups is 5.